The van der Waals surface area contributed by atoms with Crippen molar-refractivity contribution >= 4 is 40.1 Å². The number of halogens is 1. The van der Waals surface area contributed by atoms with Gasteiger partial charge in [0.05, 0.1) is 6.04 Å². The fraction of sp³-hybridized carbons (Fsp3) is 0.0800. The van der Waals surface area contributed by atoms with E-state index in [-0.39, 0.29) is 18.0 Å². The summed E-state index contributed by atoms with van der Waals surface area (Å²) in [6, 6.07) is 22.4. The molecule has 32 heavy (non-hydrogen) atoms. The van der Waals surface area contributed by atoms with E-state index in [0.29, 0.717) is 27.2 Å². The van der Waals surface area contributed by atoms with Gasteiger partial charge in [0, 0.05) is 21.7 Å². The van der Waals surface area contributed by atoms with E-state index < -0.39 is 17.6 Å². The van der Waals surface area contributed by atoms with Gasteiger partial charge in [-0.2, -0.15) is 0 Å². The van der Waals surface area contributed by atoms with Crippen molar-refractivity contribution in [1.82, 2.24) is 4.90 Å². The van der Waals surface area contributed by atoms with Crippen molar-refractivity contribution in [1.29, 1.82) is 0 Å². The van der Waals surface area contributed by atoms with Crippen molar-refractivity contribution in [2.45, 2.75) is 6.04 Å². The van der Waals surface area contributed by atoms with Crippen LogP contribution in [-0.2, 0) is 4.79 Å². The Kier molecular flexibility index (Phi) is 4.99. The standard InChI is InChI=1S/C25H17ClN2O4/c26-17-10-11-18-20(13-17)27-22(29)14-28(23(18)15-6-2-1-3-7-15)24(30)19-12-16-8-4-5-9-21(16)32-25(19)31/h1-13,23H,14H2,(H,27,29). The Bertz CT molecular complexity index is 1410. The Morgan fingerprint density at radius 1 is 0.969 bits per heavy atom. The first-order valence-corrected chi connectivity index (χ1v) is 10.4. The van der Waals surface area contributed by atoms with Gasteiger partial charge in [-0.25, -0.2) is 4.79 Å². The topological polar surface area (TPSA) is 79.6 Å². The molecule has 2 amide bonds. The van der Waals surface area contributed by atoms with Gasteiger partial charge in [0.2, 0.25) is 5.91 Å². The van der Waals surface area contributed by atoms with Crippen molar-refractivity contribution in [3.05, 3.63) is 111 Å². The lowest BCUT2D eigenvalue weighted by atomic mass is 9.95. The minimum absolute atomic E-state index is 0.130. The molecule has 3 aromatic carbocycles. The van der Waals surface area contributed by atoms with Crippen molar-refractivity contribution in [2.24, 2.45) is 0 Å². The highest BCUT2D eigenvalue weighted by molar-refractivity contribution is 6.31. The maximum absolute atomic E-state index is 13.7. The molecule has 0 aliphatic carbocycles. The van der Waals surface area contributed by atoms with Crippen LogP contribution in [0.1, 0.15) is 27.5 Å². The highest BCUT2D eigenvalue weighted by atomic mass is 35.5. The molecular formula is C25H17ClN2O4. The third-order valence-electron chi connectivity index (χ3n) is 5.46. The second kappa shape index (κ2) is 7.98. The second-order valence-corrected chi connectivity index (χ2v) is 7.95. The molecule has 0 saturated heterocycles. The van der Waals surface area contributed by atoms with Crippen molar-refractivity contribution in [3.63, 3.8) is 0 Å². The number of amides is 2. The number of hydrogen-bond acceptors (Lipinski definition) is 4. The van der Waals surface area contributed by atoms with Crippen molar-refractivity contribution < 1.29 is 14.0 Å². The van der Waals surface area contributed by atoms with Gasteiger partial charge in [-0.3, -0.25) is 9.59 Å². The van der Waals surface area contributed by atoms with E-state index >= 15 is 0 Å². The van der Waals surface area contributed by atoms with E-state index in [1.807, 2.05) is 30.3 Å². The largest absolute Gasteiger partial charge is 0.422 e. The van der Waals surface area contributed by atoms with Crippen molar-refractivity contribution in [2.75, 3.05) is 11.9 Å². The van der Waals surface area contributed by atoms with E-state index in [2.05, 4.69) is 5.32 Å². The highest BCUT2D eigenvalue weighted by Crippen LogP contribution is 2.37. The van der Waals surface area contributed by atoms with Crippen LogP contribution in [-0.4, -0.2) is 23.3 Å². The van der Waals surface area contributed by atoms with Crippen LogP contribution in [0.2, 0.25) is 5.02 Å². The number of benzene rings is 3. The van der Waals surface area contributed by atoms with Crippen LogP contribution >= 0.6 is 11.6 Å². The predicted octanol–water partition coefficient (Wildman–Crippen LogP) is 4.63. The summed E-state index contributed by atoms with van der Waals surface area (Å²) >= 11 is 6.16. The van der Waals surface area contributed by atoms with Crippen LogP contribution in [0.5, 0.6) is 0 Å². The molecule has 1 aliphatic rings. The van der Waals surface area contributed by atoms with Crippen LogP contribution in [0.3, 0.4) is 0 Å². The summed E-state index contributed by atoms with van der Waals surface area (Å²) in [5, 5.41) is 3.91. The second-order valence-electron chi connectivity index (χ2n) is 7.51. The molecular weight excluding hydrogens is 428 g/mol. The number of rotatable bonds is 2. The fourth-order valence-electron chi connectivity index (χ4n) is 4.03. The normalized spacial score (nSPS) is 15.7. The number of anilines is 1. The van der Waals surface area contributed by atoms with Crippen LogP contribution in [0, 0.1) is 0 Å². The van der Waals surface area contributed by atoms with Crippen LogP contribution in [0.15, 0.2) is 88.1 Å². The Morgan fingerprint density at radius 2 is 1.72 bits per heavy atom. The van der Waals surface area contributed by atoms with Gasteiger partial charge < -0.3 is 14.6 Å². The molecule has 0 bridgehead atoms. The Morgan fingerprint density at radius 3 is 2.53 bits per heavy atom. The predicted molar refractivity (Wildman–Crippen MR) is 122 cm³/mol. The lowest BCUT2D eigenvalue weighted by molar-refractivity contribution is -0.117. The molecule has 1 aliphatic heterocycles. The molecule has 7 heteroatoms. The Hall–Kier alpha value is -3.90. The first-order chi connectivity index (χ1) is 15.5. The van der Waals surface area contributed by atoms with E-state index in [1.165, 1.54) is 11.0 Å². The average Bonchev–Trinajstić information content (AvgIpc) is 2.94. The zero-order valence-corrected chi connectivity index (χ0v) is 17.5. The number of fused-ring (bicyclic) bond motifs is 2. The van der Waals surface area contributed by atoms with Crippen LogP contribution in [0.25, 0.3) is 11.0 Å². The first-order valence-electron chi connectivity index (χ1n) is 9.99. The summed E-state index contributed by atoms with van der Waals surface area (Å²) in [7, 11) is 0. The molecule has 1 unspecified atom stereocenters. The molecule has 1 atom stereocenters. The molecule has 158 valence electrons. The maximum Gasteiger partial charge on any atom is 0.349 e. The summed E-state index contributed by atoms with van der Waals surface area (Å²) in [6.45, 7) is -0.239. The smallest absolute Gasteiger partial charge is 0.349 e. The number of nitrogens with one attached hydrogen (secondary N) is 1. The Balaban J connectivity index is 1.69. The summed E-state index contributed by atoms with van der Waals surface area (Å²) < 4.78 is 5.37. The van der Waals surface area contributed by atoms with Gasteiger partial charge in [0.1, 0.15) is 17.7 Å². The summed E-state index contributed by atoms with van der Waals surface area (Å²) in [6.07, 6.45) is 0. The quantitative estimate of drug-likeness (QED) is 0.457. The molecule has 0 saturated carbocycles. The average molecular weight is 445 g/mol. The van der Waals surface area contributed by atoms with Gasteiger partial charge in [-0.1, -0.05) is 66.2 Å². The number of nitrogens with zero attached hydrogens (tertiary/aromatic N) is 1. The van der Waals surface area contributed by atoms with E-state index in [4.69, 9.17) is 16.0 Å². The van der Waals surface area contributed by atoms with E-state index in [9.17, 15) is 14.4 Å². The third kappa shape index (κ3) is 3.55. The lowest BCUT2D eigenvalue weighted by Crippen LogP contribution is -2.40. The number of carbonyl (C=O) groups excluding carboxylic acids is 2. The van der Waals surface area contributed by atoms with Crippen LogP contribution < -0.4 is 10.9 Å². The molecule has 4 aromatic rings. The zero-order valence-electron chi connectivity index (χ0n) is 16.7. The molecule has 0 radical (unpaired) electrons. The number of hydrogen-bond donors (Lipinski definition) is 1. The monoisotopic (exact) mass is 444 g/mol. The number of para-hydroxylation sites is 1. The summed E-state index contributed by atoms with van der Waals surface area (Å²) in [5.74, 6) is -0.971. The lowest BCUT2D eigenvalue weighted by Gasteiger charge is -2.30. The minimum atomic E-state index is -0.749. The summed E-state index contributed by atoms with van der Waals surface area (Å²) in [5.41, 5.74) is 1.53. The molecule has 2 heterocycles. The van der Waals surface area contributed by atoms with E-state index in [1.54, 1.807) is 42.5 Å². The molecule has 1 N–H and O–H groups in total. The SMILES string of the molecule is O=C1CN(C(=O)c2cc3ccccc3oc2=O)C(c2ccccc2)c2ccc(Cl)cc2N1. The van der Waals surface area contributed by atoms with Gasteiger partial charge in [0.15, 0.2) is 0 Å². The molecule has 0 fully saturated rings. The first kappa shape index (κ1) is 20.0. The maximum atomic E-state index is 13.7. The molecule has 0 spiro atoms. The van der Waals surface area contributed by atoms with Crippen molar-refractivity contribution in [3.8, 4) is 0 Å². The zero-order chi connectivity index (χ0) is 22.2. The molecule has 1 aromatic heterocycles. The summed E-state index contributed by atoms with van der Waals surface area (Å²) in [4.78, 5) is 40.5. The van der Waals surface area contributed by atoms with Gasteiger partial charge in [-0.05, 0) is 29.8 Å². The van der Waals surface area contributed by atoms with Crippen LogP contribution in [0.4, 0.5) is 5.69 Å². The van der Waals surface area contributed by atoms with E-state index in [0.717, 1.165) is 5.56 Å². The van der Waals surface area contributed by atoms with Gasteiger partial charge in [0.25, 0.3) is 5.91 Å². The van der Waals surface area contributed by atoms with Gasteiger partial charge >= 0.3 is 5.63 Å². The number of carbonyl (C=O) groups is 2. The minimum Gasteiger partial charge on any atom is -0.422 e. The molecule has 6 nitrogen and oxygen atoms in total. The molecule has 5 rings (SSSR count). The van der Waals surface area contributed by atoms with Gasteiger partial charge in [-0.15, -0.1) is 0 Å². The third-order valence-corrected chi connectivity index (χ3v) is 5.69. The fourth-order valence-corrected chi connectivity index (χ4v) is 4.20. The highest BCUT2D eigenvalue weighted by Gasteiger charge is 2.35. The Labute approximate surface area is 188 Å².